The molecule has 2 rings (SSSR count). The molecule has 0 saturated carbocycles. The molecule has 2 heterocycles. The van der Waals surface area contributed by atoms with E-state index < -0.39 is 5.97 Å². The molecule has 0 aliphatic carbocycles. The lowest BCUT2D eigenvalue weighted by molar-refractivity contribution is -0.145. The Hall–Kier alpha value is -2.38. The van der Waals surface area contributed by atoms with Crippen LogP contribution in [-0.4, -0.2) is 67.9 Å². The number of nitrogens with zero attached hydrogens (tertiary/aromatic N) is 4. The van der Waals surface area contributed by atoms with Crippen molar-refractivity contribution >= 4 is 17.8 Å². The maximum absolute atomic E-state index is 12.6. The minimum Gasteiger partial charge on any atom is -0.480 e. The summed E-state index contributed by atoms with van der Waals surface area (Å²) in [4.78, 5) is 43.1. The molecule has 2 amide bonds. The van der Waals surface area contributed by atoms with Crippen LogP contribution in [0.2, 0.25) is 0 Å². The van der Waals surface area contributed by atoms with Crippen molar-refractivity contribution < 1.29 is 19.5 Å². The zero-order chi connectivity index (χ0) is 20.0. The summed E-state index contributed by atoms with van der Waals surface area (Å²) in [7, 11) is 0. The number of likely N-dealkylation sites (tertiary alicyclic amines) is 1. The average molecular weight is 378 g/mol. The topological polar surface area (TPSA) is 95.7 Å². The smallest absolute Gasteiger partial charge is 0.323 e. The fourth-order valence-electron chi connectivity index (χ4n) is 3.67. The Kier molecular flexibility index (Phi) is 7.38. The Labute approximate surface area is 160 Å². The largest absolute Gasteiger partial charge is 0.480 e. The first-order valence-corrected chi connectivity index (χ1v) is 9.57. The highest BCUT2D eigenvalue weighted by molar-refractivity contribution is 5.80. The van der Waals surface area contributed by atoms with Gasteiger partial charge in [0.25, 0.3) is 0 Å². The van der Waals surface area contributed by atoms with Crippen LogP contribution in [0.15, 0.2) is 12.4 Å². The molecule has 1 fully saturated rings. The summed E-state index contributed by atoms with van der Waals surface area (Å²) in [5.41, 5.74) is 0. The van der Waals surface area contributed by atoms with Gasteiger partial charge >= 0.3 is 5.97 Å². The van der Waals surface area contributed by atoms with Crippen molar-refractivity contribution in [3.8, 4) is 0 Å². The first-order valence-electron chi connectivity index (χ1n) is 9.57. The summed E-state index contributed by atoms with van der Waals surface area (Å²) in [6, 6.07) is -0.127. The van der Waals surface area contributed by atoms with Crippen LogP contribution in [0.5, 0.6) is 0 Å². The molecule has 8 nitrogen and oxygen atoms in total. The van der Waals surface area contributed by atoms with Gasteiger partial charge in [-0.1, -0.05) is 13.8 Å². The Morgan fingerprint density at radius 2 is 2.04 bits per heavy atom. The van der Waals surface area contributed by atoms with Gasteiger partial charge in [0.05, 0.1) is 0 Å². The second kappa shape index (κ2) is 9.53. The second-order valence-electron chi connectivity index (χ2n) is 7.39. The van der Waals surface area contributed by atoms with Crippen LogP contribution in [0, 0.1) is 0 Å². The van der Waals surface area contributed by atoms with E-state index in [1.807, 2.05) is 15.7 Å². The highest BCUT2D eigenvalue weighted by Crippen LogP contribution is 2.18. The van der Waals surface area contributed by atoms with E-state index >= 15 is 0 Å². The van der Waals surface area contributed by atoms with Crippen LogP contribution >= 0.6 is 0 Å². The molecule has 1 aliphatic rings. The number of hydrogen-bond donors (Lipinski definition) is 1. The van der Waals surface area contributed by atoms with Gasteiger partial charge in [0.2, 0.25) is 11.8 Å². The van der Waals surface area contributed by atoms with Gasteiger partial charge in [-0.05, 0) is 19.3 Å². The lowest BCUT2D eigenvalue weighted by atomic mass is 10.1. The molecule has 27 heavy (non-hydrogen) atoms. The number of amides is 2. The molecule has 1 aliphatic heterocycles. The van der Waals surface area contributed by atoms with Gasteiger partial charge in [-0.2, -0.15) is 0 Å². The van der Waals surface area contributed by atoms with Crippen LogP contribution in [0.4, 0.5) is 0 Å². The summed E-state index contributed by atoms with van der Waals surface area (Å²) in [5.74, 6) is 0.129. The third-order valence-corrected chi connectivity index (χ3v) is 5.03. The Balaban J connectivity index is 1.91. The van der Waals surface area contributed by atoms with Crippen LogP contribution in [0.1, 0.15) is 58.2 Å². The summed E-state index contributed by atoms with van der Waals surface area (Å²) >= 11 is 0. The van der Waals surface area contributed by atoms with Crippen molar-refractivity contribution in [1.82, 2.24) is 19.4 Å². The highest BCUT2D eigenvalue weighted by Gasteiger charge is 2.27. The molecular formula is C19H30N4O4. The molecule has 150 valence electrons. The number of imidazole rings is 1. The fourth-order valence-corrected chi connectivity index (χ4v) is 3.67. The summed E-state index contributed by atoms with van der Waals surface area (Å²) in [6.07, 6.45) is 6.16. The predicted molar refractivity (Wildman–Crippen MR) is 100 cm³/mol. The van der Waals surface area contributed by atoms with Gasteiger partial charge in [-0.3, -0.25) is 14.4 Å². The molecule has 1 aromatic rings. The number of carboxylic acids is 1. The standard InChI is InChI=1S/C19H30N4O4/c1-14(2)19-20-8-12-22(19)11-7-17(25)21-9-4-5-16(6-10-21)23(15(3)24)13-18(26)27/h8,12,14,16H,4-7,9-11,13H2,1-3H3,(H,26,27)/t16-/m1/s1. The zero-order valence-electron chi connectivity index (χ0n) is 16.4. The van der Waals surface area contributed by atoms with Crippen molar-refractivity contribution in [3.05, 3.63) is 18.2 Å². The third kappa shape index (κ3) is 5.80. The summed E-state index contributed by atoms with van der Waals surface area (Å²) in [5, 5.41) is 9.03. The molecule has 0 unspecified atom stereocenters. The van der Waals surface area contributed by atoms with E-state index in [1.54, 1.807) is 6.20 Å². The highest BCUT2D eigenvalue weighted by atomic mass is 16.4. The van der Waals surface area contributed by atoms with Crippen LogP contribution in [-0.2, 0) is 20.9 Å². The molecule has 0 radical (unpaired) electrons. The first kappa shape index (κ1) is 20.9. The van der Waals surface area contributed by atoms with Crippen LogP contribution in [0.25, 0.3) is 0 Å². The minimum absolute atomic E-state index is 0.0895. The molecule has 8 heteroatoms. The van der Waals surface area contributed by atoms with E-state index in [2.05, 4.69) is 18.8 Å². The number of aliphatic carboxylic acids is 1. The molecule has 0 spiro atoms. The number of aryl methyl sites for hydroxylation is 1. The van der Waals surface area contributed by atoms with Crippen molar-refractivity contribution in [3.63, 3.8) is 0 Å². The Morgan fingerprint density at radius 1 is 1.30 bits per heavy atom. The zero-order valence-corrected chi connectivity index (χ0v) is 16.4. The van der Waals surface area contributed by atoms with Crippen molar-refractivity contribution in [2.45, 2.75) is 65.0 Å². The molecule has 1 aromatic heterocycles. The third-order valence-electron chi connectivity index (χ3n) is 5.03. The summed E-state index contributed by atoms with van der Waals surface area (Å²) < 4.78 is 2.02. The van der Waals surface area contributed by atoms with E-state index in [-0.39, 0.29) is 24.4 Å². The van der Waals surface area contributed by atoms with Crippen LogP contribution < -0.4 is 0 Å². The monoisotopic (exact) mass is 378 g/mol. The predicted octanol–water partition coefficient (Wildman–Crippen LogP) is 1.71. The first-order chi connectivity index (χ1) is 12.8. The van der Waals surface area contributed by atoms with E-state index in [4.69, 9.17) is 5.11 Å². The maximum atomic E-state index is 12.6. The van der Waals surface area contributed by atoms with Crippen molar-refractivity contribution in [2.24, 2.45) is 0 Å². The number of hydrogen-bond acceptors (Lipinski definition) is 4. The van der Waals surface area contributed by atoms with Gasteiger partial charge in [-0.25, -0.2) is 4.98 Å². The van der Waals surface area contributed by atoms with Gasteiger partial charge in [0.1, 0.15) is 12.4 Å². The number of carboxylic acid groups (broad SMARTS) is 1. The summed E-state index contributed by atoms with van der Waals surface area (Å²) in [6.45, 7) is 7.07. The number of carbonyl (C=O) groups is 3. The molecule has 1 N–H and O–H groups in total. The van der Waals surface area contributed by atoms with Crippen molar-refractivity contribution in [1.29, 1.82) is 0 Å². The minimum atomic E-state index is -1.01. The SMILES string of the molecule is CC(=O)N(CC(=O)O)[C@@H]1CCCN(C(=O)CCn2ccnc2C(C)C)CC1. The molecule has 0 bridgehead atoms. The lowest BCUT2D eigenvalue weighted by Crippen LogP contribution is -2.43. The second-order valence-corrected chi connectivity index (χ2v) is 7.39. The fraction of sp³-hybridized carbons (Fsp3) is 0.684. The van der Waals surface area contributed by atoms with Gasteiger partial charge in [0.15, 0.2) is 0 Å². The Bertz CT molecular complexity index is 670. The molecule has 1 atom stereocenters. The van der Waals surface area contributed by atoms with E-state index in [0.29, 0.717) is 38.4 Å². The molecule has 0 aromatic carbocycles. The van der Waals surface area contributed by atoms with E-state index in [1.165, 1.54) is 11.8 Å². The normalized spacial score (nSPS) is 17.6. The average Bonchev–Trinajstić information content (AvgIpc) is 2.94. The van der Waals surface area contributed by atoms with E-state index in [0.717, 1.165) is 18.7 Å². The quantitative estimate of drug-likeness (QED) is 0.779. The van der Waals surface area contributed by atoms with Crippen molar-refractivity contribution in [2.75, 3.05) is 19.6 Å². The van der Waals surface area contributed by atoms with Crippen LogP contribution in [0.3, 0.4) is 0 Å². The molecule has 1 saturated heterocycles. The van der Waals surface area contributed by atoms with Gasteiger partial charge in [0, 0.05) is 57.3 Å². The lowest BCUT2D eigenvalue weighted by Gasteiger charge is -2.29. The molecular weight excluding hydrogens is 348 g/mol. The maximum Gasteiger partial charge on any atom is 0.323 e. The van der Waals surface area contributed by atoms with E-state index in [9.17, 15) is 14.4 Å². The Morgan fingerprint density at radius 3 is 2.67 bits per heavy atom. The number of carbonyl (C=O) groups excluding carboxylic acids is 2. The number of rotatable bonds is 7. The number of aromatic nitrogens is 2. The van der Waals surface area contributed by atoms with Gasteiger partial charge < -0.3 is 19.5 Å². The van der Waals surface area contributed by atoms with Gasteiger partial charge in [-0.15, -0.1) is 0 Å².